The van der Waals surface area contributed by atoms with Crippen molar-refractivity contribution in [2.75, 3.05) is 7.05 Å². The van der Waals surface area contributed by atoms with E-state index in [2.05, 4.69) is 17.2 Å². The van der Waals surface area contributed by atoms with E-state index in [4.69, 9.17) is 16.3 Å². The van der Waals surface area contributed by atoms with Crippen molar-refractivity contribution >= 4 is 11.6 Å². The molecule has 1 N–H and O–H groups in total. The van der Waals surface area contributed by atoms with Crippen molar-refractivity contribution in [2.45, 2.75) is 45.3 Å². The molecule has 1 aliphatic rings. The van der Waals surface area contributed by atoms with E-state index in [0.29, 0.717) is 29.5 Å². The number of aromatic nitrogens is 1. The minimum Gasteiger partial charge on any atom is -0.474 e. The SMILES string of the molecule is CNCc1nc(OC2CCCCC2C)ccc1Cl. The van der Waals surface area contributed by atoms with Gasteiger partial charge in [0.2, 0.25) is 5.88 Å². The number of hydrogen-bond acceptors (Lipinski definition) is 3. The quantitative estimate of drug-likeness (QED) is 0.909. The molecule has 3 nitrogen and oxygen atoms in total. The number of rotatable bonds is 4. The first-order chi connectivity index (χ1) is 8.70. The van der Waals surface area contributed by atoms with Crippen LogP contribution in [0.5, 0.6) is 5.88 Å². The van der Waals surface area contributed by atoms with Crippen LogP contribution in [-0.4, -0.2) is 18.1 Å². The van der Waals surface area contributed by atoms with Gasteiger partial charge >= 0.3 is 0 Å². The van der Waals surface area contributed by atoms with Crippen LogP contribution in [0.25, 0.3) is 0 Å². The van der Waals surface area contributed by atoms with Gasteiger partial charge in [-0.25, -0.2) is 4.98 Å². The maximum absolute atomic E-state index is 6.09. The van der Waals surface area contributed by atoms with E-state index < -0.39 is 0 Å². The number of nitrogens with zero attached hydrogens (tertiary/aromatic N) is 1. The third kappa shape index (κ3) is 3.36. The summed E-state index contributed by atoms with van der Waals surface area (Å²) >= 11 is 6.09. The Morgan fingerprint density at radius 2 is 2.17 bits per heavy atom. The molecule has 1 aromatic heterocycles. The molecule has 2 rings (SSSR count). The molecule has 0 aromatic carbocycles. The van der Waals surface area contributed by atoms with Gasteiger partial charge in [-0.05, 0) is 38.3 Å². The fourth-order valence-electron chi connectivity index (χ4n) is 2.43. The van der Waals surface area contributed by atoms with Crippen LogP contribution in [0.1, 0.15) is 38.3 Å². The van der Waals surface area contributed by atoms with Gasteiger partial charge in [-0.2, -0.15) is 0 Å². The maximum Gasteiger partial charge on any atom is 0.213 e. The standard InChI is InChI=1S/C14H21ClN2O/c1-10-5-3-4-6-13(10)18-14-8-7-11(15)12(17-14)9-16-2/h7-8,10,13,16H,3-6,9H2,1-2H3. The zero-order valence-corrected chi connectivity index (χ0v) is 11.8. The van der Waals surface area contributed by atoms with Crippen LogP contribution in [0.4, 0.5) is 0 Å². The van der Waals surface area contributed by atoms with Gasteiger partial charge in [0.25, 0.3) is 0 Å². The number of halogens is 1. The van der Waals surface area contributed by atoms with Crippen molar-refractivity contribution in [2.24, 2.45) is 5.92 Å². The zero-order chi connectivity index (χ0) is 13.0. The first-order valence-corrected chi connectivity index (χ1v) is 7.05. The Hall–Kier alpha value is -0.800. The number of nitrogens with one attached hydrogen (secondary N) is 1. The normalized spacial score (nSPS) is 23.9. The Bertz CT molecular complexity index is 397. The molecule has 1 heterocycles. The van der Waals surface area contributed by atoms with Crippen molar-refractivity contribution in [3.8, 4) is 5.88 Å². The van der Waals surface area contributed by atoms with Gasteiger partial charge in [0.15, 0.2) is 0 Å². The molecular formula is C14H21ClN2O. The third-order valence-electron chi connectivity index (χ3n) is 3.54. The molecular weight excluding hydrogens is 248 g/mol. The summed E-state index contributed by atoms with van der Waals surface area (Å²) in [5.41, 5.74) is 0.847. The second-order valence-electron chi connectivity index (χ2n) is 5.03. The van der Waals surface area contributed by atoms with E-state index in [-0.39, 0.29) is 0 Å². The molecule has 18 heavy (non-hydrogen) atoms. The van der Waals surface area contributed by atoms with Crippen LogP contribution in [0.2, 0.25) is 5.02 Å². The van der Waals surface area contributed by atoms with Crippen LogP contribution < -0.4 is 10.1 Å². The second-order valence-corrected chi connectivity index (χ2v) is 5.43. The van der Waals surface area contributed by atoms with E-state index in [1.54, 1.807) is 0 Å². The summed E-state index contributed by atoms with van der Waals surface area (Å²) in [4.78, 5) is 4.47. The molecule has 1 aliphatic carbocycles. The predicted molar refractivity (Wildman–Crippen MR) is 74.1 cm³/mol. The Morgan fingerprint density at radius 3 is 2.89 bits per heavy atom. The first-order valence-electron chi connectivity index (χ1n) is 6.67. The van der Waals surface area contributed by atoms with Crippen molar-refractivity contribution in [1.82, 2.24) is 10.3 Å². The molecule has 1 fully saturated rings. The van der Waals surface area contributed by atoms with Gasteiger partial charge in [0.1, 0.15) is 6.10 Å². The van der Waals surface area contributed by atoms with Gasteiger partial charge in [0, 0.05) is 12.6 Å². The summed E-state index contributed by atoms with van der Waals surface area (Å²) in [6, 6.07) is 3.73. The molecule has 100 valence electrons. The van der Waals surface area contributed by atoms with E-state index in [1.807, 2.05) is 19.2 Å². The highest BCUT2D eigenvalue weighted by Gasteiger charge is 2.23. The summed E-state index contributed by atoms with van der Waals surface area (Å²) in [5.74, 6) is 1.31. The second kappa shape index (κ2) is 6.39. The lowest BCUT2D eigenvalue weighted by molar-refractivity contribution is 0.0973. The van der Waals surface area contributed by atoms with E-state index in [9.17, 15) is 0 Å². The average Bonchev–Trinajstić information content (AvgIpc) is 2.36. The highest BCUT2D eigenvalue weighted by atomic mass is 35.5. The van der Waals surface area contributed by atoms with E-state index >= 15 is 0 Å². The van der Waals surface area contributed by atoms with Gasteiger partial charge < -0.3 is 10.1 Å². The largest absolute Gasteiger partial charge is 0.474 e. The van der Waals surface area contributed by atoms with Crippen LogP contribution in [0.15, 0.2) is 12.1 Å². The number of pyridine rings is 1. The van der Waals surface area contributed by atoms with Gasteiger partial charge in [0.05, 0.1) is 10.7 Å². The fourth-order valence-corrected chi connectivity index (χ4v) is 2.61. The molecule has 1 saturated carbocycles. The van der Waals surface area contributed by atoms with Crippen molar-refractivity contribution in [3.05, 3.63) is 22.8 Å². The number of ether oxygens (including phenoxy) is 1. The minimum atomic E-state index is 0.301. The molecule has 0 amide bonds. The molecule has 0 spiro atoms. The highest BCUT2D eigenvalue weighted by molar-refractivity contribution is 6.31. The lowest BCUT2D eigenvalue weighted by Crippen LogP contribution is -2.28. The van der Waals surface area contributed by atoms with Crippen molar-refractivity contribution in [3.63, 3.8) is 0 Å². The Labute approximate surface area is 114 Å². The summed E-state index contributed by atoms with van der Waals surface area (Å²) in [7, 11) is 1.88. The fraction of sp³-hybridized carbons (Fsp3) is 0.643. The van der Waals surface area contributed by atoms with Crippen LogP contribution in [0, 0.1) is 5.92 Å². The molecule has 1 aromatic rings. The lowest BCUT2D eigenvalue weighted by atomic mass is 9.88. The molecule has 0 radical (unpaired) electrons. The lowest BCUT2D eigenvalue weighted by Gasteiger charge is -2.28. The summed E-state index contributed by atoms with van der Waals surface area (Å²) in [6.07, 6.45) is 5.26. The summed E-state index contributed by atoms with van der Waals surface area (Å²) in [5, 5.41) is 3.75. The Balaban J connectivity index is 2.06. The first kappa shape index (κ1) is 13.6. The average molecular weight is 269 g/mol. The van der Waals surface area contributed by atoms with Crippen LogP contribution in [0.3, 0.4) is 0 Å². The van der Waals surface area contributed by atoms with Gasteiger partial charge in [-0.1, -0.05) is 24.9 Å². The molecule has 0 bridgehead atoms. The number of hydrogen-bond donors (Lipinski definition) is 1. The van der Waals surface area contributed by atoms with E-state index in [1.165, 1.54) is 19.3 Å². The third-order valence-corrected chi connectivity index (χ3v) is 3.89. The topological polar surface area (TPSA) is 34.2 Å². The highest BCUT2D eigenvalue weighted by Crippen LogP contribution is 2.28. The minimum absolute atomic E-state index is 0.301. The Kier molecular flexibility index (Phi) is 4.84. The molecule has 2 atom stereocenters. The van der Waals surface area contributed by atoms with Crippen LogP contribution in [-0.2, 0) is 6.54 Å². The molecule has 0 aliphatic heterocycles. The Morgan fingerprint density at radius 1 is 1.39 bits per heavy atom. The monoisotopic (exact) mass is 268 g/mol. The zero-order valence-electron chi connectivity index (χ0n) is 11.1. The van der Waals surface area contributed by atoms with Gasteiger partial charge in [-0.3, -0.25) is 0 Å². The van der Waals surface area contributed by atoms with Crippen molar-refractivity contribution in [1.29, 1.82) is 0 Å². The predicted octanol–water partition coefficient (Wildman–Crippen LogP) is 3.41. The van der Waals surface area contributed by atoms with Gasteiger partial charge in [-0.15, -0.1) is 0 Å². The molecule has 2 unspecified atom stereocenters. The summed E-state index contributed by atoms with van der Waals surface area (Å²) < 4.78 is 6.01. The molecule has 0 saturated heterocycles. The summed E-state index contributed by atoms with van der Waals surface area (Å²) in [6.45, 7) is 2.92. The maximum atomic E-state index is 6.09. The molecule has 4 heteroatoms. The van der Waals surface area contributed by atoms with E-state index in [0.717, 1.165) is 12.1 Å². The van der Waals surface area contributed by atoms with Crippen LogP contribution >= 0.6 is 11.6 Å². The smallest absolute Gasteiger partial charge is 0.213 e. The van der Waals surface area contributed by atoms with Crippen molar-refractivity contribution < 1.29 is 4.74 Å².